The molecule has 1 aliphatic rings. The van der Waals surface area contributed by atoms with Crippen LogP contribution in [0.1, 0.15) is 46.0 Å². The summed E-state index contributed by atoms with van der Waals surface area (Å²) in [6.07, 6.45) is 2.70. The standard InChI is InChI=1S/C18H33N5O5/c1-11(2)15(20)17(26)23-9-5-7-13(23)16(25)21-10-14(24)22-12(18(27)28)6-3-4-8-19/h11-13,15H,3-10,19-20H2,1-2H3,(H,21,25)(H,22,24)(H,27,28). The number of nitrogens with zero attached hydrogens (tertiary/aromatic N) is 1. The Morgan fingerprint density at radius 3 is 2.46 bits per heavy atom. The summed E-state index contributed by atoms with van der Waals surface area (Å²) >= 11 is 0. The number of nitrogens with two attached hydrogens (primary N) is 2. The first kappa shape index (κ1) is 23.8. The molecule has 3 amide bonds. The van der Waals surface area contributed by atoms with Crippen LogP contribution in [0, 0.1) is 5.92 Å². The van der Waals surface area contributed by atoms with Crippen LogP contribution in [0.3, 0.4) is 0 Å². The van der Waals surface area contributed by atoms with Crippen molar-refractivity contribution in [3.05, 3.63) is 0 Å². The van der Waals surface area contributed by atoms with Gasteiger partial charge < -0.3 is 32.1 Å². The lowest BCUT2D eigenvalue weighted by Crippen LogP contribution is -2.54. The molecule has 1 aliphatic heterocycles. The van der Waals surface area contributed by atoms with Gasteiger partial charge in [-0.2, -0.15) is 0 Å². The SMILES string of the molecule is CC(C)C(N)C(=O)N1CCCC1C(=O)NCC(=O)NC(CCCCN)C(=O)O. The summed E-state index contributed by atoms with van der Waals surface area (Å²) in [5.74, 6) is -2.49. The molecule has 0 spiro atoms. The number of aliphatic carboxylic acids is 1. The molecule has 160 valence electrons. The fourth-order valence-corrected chi connectivity index (χ4v) is 3.06. The van der Waals surface area contributed by atoms with Gasteiger partial charge >= 0.3 is 5.97 Å². The Balaban J connectivity index is 2.54. The van der Waals surface area contributed by atoms with Crippen LogP contribution in [0.2, 0.25) is 0 Å². The molecular formula is C18H33N5O5. The van der Waals surface area contributed by atoms with Gasteiger partial charge in [-0.3, -0.25) is 14.4 Å². The molecule has 1 rings (SSSR count). The van der Waals surface area contributed by atoms with E-state index in [-0.39, 0.29) is 24.8 Å². The predicted octanol–water partition coefficient (Wildman–Crippen LogP) is -1.22. The number of unbranched alkanes of at least 4 members (excludes halogenated alkanes) is 1. The lowest BCUT2D eigenvalue weighted by atomic mass is 10.0. The summed E-state index contributed by atoms with van der Waals surface area (Å²) in [4.78, 5) is 49.6. The van der Waals surface area contributed by atoms with E-state index in [1.807, 2.05) is 13.8 Å². The van der Waals surface area contributed by atoms with Gasteiger partial charge in [0.2, 0.25) is 17.7 Å². The van der Waals surface area contributed by atoms with Crippen molar-refractivity contribution in [3.8, 4) is 0 Å². The Hall–Kier alpha value is -2.20. The summed E-state index contributed by atoms with van der Waals surface area (Å²) in [7, 11) is 0. The number of amides is 3. The number of carboxylic acids is 1. The minimum atomic E-state index is -1.13. The minimum absolute atomic E-state index is 0.0465. The quantitative estimate of drug-likeness (QED) is 0.271. The third-order valence-corrected chi connectivity index (χ3v) is 4.85. The van der Waals surface area contributed by atoms with Crippen molar-refractivity contribution in [2.75, 3.05) is 19.6 Å². The molecule has 7 N–H and O–H groups in total. The molecule has 1 heterocycles. The van der Waals surface area contributed by atoms with E-state index in [1.54, 1.807) is 0 Å². The fraction of sp³-hybridized carbons (Fsp3) is 0.778. The van der Waals surface area contributed by atoms with E-state index < -0.39 is 35.9 Å². The van der Waals surface area contributed by atoms with E-state index in [0.717, 1.165) is 0 Å². The average Bonchev–Trinajstić information content (AvgIpc) is 3.13. The molecule has 28 heavy (non-hydrogen) atoms. The highest BCUT2D eigenvalue weighted by Gasteiger charge is 2.36. The van der Waals surface area contributed by atoms with Crippen LogP contribution in [0.4, 0.5) is 0 Å². The second-order valence-corrected chi connectivity index (χ2v) is 7.42. The molecular weight excluding hydrogens is 366 g/mol. The number of likely N-dealkylation sites (tertiary alicyclic amines) is 1. The summed E-state index contributed by atoms with van der Waals surface area (Å²) in [5.41, 5.74) is 11.3. The van der Waals surface area contributed by atoms with Crippen molar-refractivity contribution in [2.24, 2.45) is 17.4 Å². The first-order valence-electron chi connectivity index (χ1n) is 9.75. The molecule has 0 radical (unpaired) electrons. The topological polar surface area (TPSA) is 168 Å². The van der Waals surface area contributed by atoms with Crippen LogP contribution in [0.15, 0.2) is 0 Å². The zero-order chi connectivity index (χ0) is 21.3. The van der Waals surface area contributed by atoms with Gasteiger partial charge in [-0.15, -0.1) is 0 Å². The second kappa shape index (κ2) is 11.6. The molecule has 1 saturated heterocycles. The molecule has 10 nitrogen and oxygen atoms in total. The van der Waals surface area contributed by atoms with Crippen LogP contribution in [-0.2, 0) is 19.2 Å². The van der Waals surface area contributed by atoms with Crippen molar-refractivity contribution in [1.29, 1.82) is 0 Å². The van der Waals surface area contributed by atoms with Crippen LogP contribution in [-0.4, -0.2) is 71.5 Å². The van der Waals surface area contributed by atoms with Gasteiger partial charge in [0.1, 0.15) is 12.1 Å². The number of hydrogen-bond acceptors (Lipinski definition) is 6. The third kappa shape index (κ3) is 7.08. The number of carboxylic acid groups (broad SMARTS) is 1. The molecule has 10 heteroatoms. The van der Waals surface area contributed by atoms with Crippen molar-refractivity contribution in [3.63, 3.8) is 0 Å². The molecule has 0 aromatic rings. The maximum atomic E-state index is 12.5. The molecule has 0 aromatic heterocycles. The molecule has 0 aromatic carbocycles. The number of carbonyl (C=O) groups excluding carboxylic acids is 3. The van der Waals surface area contributed by atoms with Crippen LogP contribution in [0.5, 0.6) is 0 Å². The molecule has 0 bridgehead atoms. The summed E-state index contributed by atoms with van der Waals surface area (Å²) in [6, 6.07) is -2.36. The third-order valence-electron chi connectivity index (χ3n) is 4.85. The van der Waals surface area contributed by atoms with E-state index in [9.17, 15) is 24.3 Å². The van der Waals surface area contributed by atoms with Gasteiger partial charge in [0.25, 0.3) is 0 Å². The lowest BCUT2D eigenvalue weighted by molar-refractivity contribution is -0.142. The first-order chi connectivity index (χ1) is 13.2. The summed E-state index contributed by atoms with van der Waals surface area (Å²) in [5, 5.41) is 14.1. The van der Waals surface area contributed by atoms with Gasteiger partial charge in [-0.05, 0) is 44.6 Å². The Morgan fingerprint density at radius 2 is 1.89 bits per heavy atom. The van der Waals surface area contributed by atoms with Gasteiger partial charge in [0.05, 0.1) is 12.6 Å². The van der Waals surface area contributed by atoms with Crippen LogP contribution < -0.4 is 22.1 Å². The zero-order valence-corrected chi connectivity index (χ0v) is 16.6. The maximum absolute atomic E-state index is 12.5. The first-order valence-corrected chi connectivity index (χ1v) is 9.75. The van der Waals surface area contributed by atoms with E-state index >= 15 is 0 Å². The molecule has 0 saturated carbocycles. The molecule has 1 fully saturated rings. The van der Waals surface area contributed by atoms with Crippen molar-refractivity contribution >= 4 is 23.7 Å². The maximum Gasteiger partial charge on any atom is 0.326 e. The monoisotopic (exact) mass is 399 g/mol. The highest BCUT2D eigenvalue weighted by molar-refractivity contribution is 5.93. The number of rotatable bonds is 11. The van der Waals surface area contributed by atoms with Crippen LogP contribution in [0.25, 0.3) is 0 Å². The van der Waals surface area contributed by atoms with E-state index in [2.05, 4.69) is 10.6 Å². The number of nitrogens with one attached hydrogen (secondary N) is 2. The van der Waals surface area contributed by atoms with Gasteiger partial charge in [-0.1, -0.05) is 13.8 Å². The highest BCUT2D eigenvalue weighted by Crippen LogP contribution is 2.19. The Bertz CT molecular complexity index is 569. The number of carbonyl (C=O) groups is 4. The summed E-state index contributed by atoms with van der Waals surface area (Å²) in [6.45, 7) is 4.22. The Labute approximate surface area is 165 Å². The average molecular weight is 399 g/mol. The van der Waals surface area contributed by atoms with Crippen molar-refractivity contribution in [1.82, 2.24) is 15.5 Å². The molecule has 3 atom stereocenters. The van der Waals surface area contributed by atoms with Gasteiger partial charge in [0.15, 0.2) is 0 Å². The minimum Gasteiger partial charge on any atom is -0.480 e. The normalized spacial score (nSPS) is 18.6. The molecule has 3 unspecified atom stereocenters. The summed E-state index contributed by atoms with van der Waals surface area (Å²) < 4.78 is 0. The van der Waals surface area contributed by atoms with Gasteiger partial charge in [0, 0.05) is 6.54 Å². The lowest BCUT2D eigenvalue weighted by Gasteiger charge is -2.28. The van der Waals surface area contributed by atoms with Crippen molar-refractivity contribution < 1.29 is 24.3 Å². The van der Waals surface area contributed by atoms with Crippen molar-refractivity contribution in [2.45, 2.75) is 64.1 Å². The smallest absolute Gasteiger partial charge is 0.326 e. The van der Waals surface area contributed by atoms with E-state index in [4.69, 9.17) is 11.5 Å². The highest BCUT2D eigenvalue weighted by atomic mass is 16.4. The van der Waals surface area contributed by atoms with Gasteiger partial charge in [-0.25, -0.2) is 4.79 Å². The predicted molar refractivity (Wildman–Crippen MR) is 103 cm³/mol. The largest absolute Gasteiger partial charge is 0.480 e. The number of hydrogen-bond donors (Lipinski definition) is 5. The Morgan fingerprint density at radius 1 is 1.21 bits per heavy atom. The Kier molecular flexibility index (Phi) is 9.88. The zero-order valence-electron chi connectivity index (χ0n) is 16.6. The second-order valence-electron chi connectivity index (χ2n) is 7.42. The van der Waals surface area contributed by atoms with Crippen LogP contribution >= 0.6 is 0 Å². The van der Waals surface area contributed by atoms with E-state index in [1.165, 1.54) is 4.90 Å². The molecule has 0 aliphatic carbocycles. The fourth-order valence-electron chi connectivity index (χ4n) is 3.06. The van der Waals surface area contributed by atoms with E-state index in [0.29, 0.717) is 38.8 Å².